The Bertz CT molecular complexity index is 274. The molecule has 104 valence electrons. The minimum absolute atomic E-state index is 0.203. The van der Waals surface area contributed by atoms with E-state index in [-0.39, 0.29) is 6.10 Å². The minimum atomic E-state index is 0.203. The summed E-state index contributed by atoms with van der Waals surface area (Å²) in [5.74, 6) is 0.703. The van der Waals surface area contributed by atoms with Crippen molar-refractivity contribution in [2.75, 3.05) is 46.4 Å². The van der Waals surface area contributed by atoms with Crippen LogP contribution in [0, 0.1) is 0 Å². The molecule has 0 radical (unpaired) electrons. The molecule has 0 aromatic carbocycles. The molecule has 0 aliphatic carbocycles. The van der Waals surface area contributed by atoms with Crippen molar-refractivity contribution < 1.29 is 4.74 Å². The molecule has 5 heteroatoms. The largest absolute Gasteiger partial charge is 0.374 e. The summed E-state index contributed by atoms with van der Waals surface area (Å²) < 4.78 is 5.69. The van der Waals surface area contributed by atoms with Gasteiger partial charge in [0.2, 0.25) is 0 Å². The zero-order valence-electron chi connectivity index (χ0n) is 11.5. The van der Waals surface area contributed by atoms with Crippen LogP contribution in [-0.4, -0.2) is 68.2 Å². The van der Waals surface area contributed by atoms with Gasteiger partial charge in [-0.25, -0.2) is 0 Å². The fourth-order valence-electron chi connectivity index (χ4n) is 2.57. The molecule has 18 heavy (non-hydrogen) atoms. The number of rotatable bonds is 2. The van der Waals surface area contributed by atoms with E-state index in [1.165, 1.54) is 25.7 Å². The van der Waals surface area contributed by atoms with Crippen LogP contribution in [0.4, 0.5) is 0 Å². The van der Waals surface area contributed by atoms with E-state index < -0.39 is 0 Å². The first-order valence-electron chi connectivity index (χ1n) is 7.11. The lowest BCUT2D eigenvalue weighted by Crippen LogP contribution is -2.43. The van der Waals surface area contributed by atoms with Crippen LogP contribution in [0.5, 0.6) is 0 Å². The standard InChI is InChI=1S/C13H26N4O/c1-16-8-9-18-12(11-16)10-15-13(14)17-6-4-2-3-5-7-17/h12H,2-11H2,1H3,(H2,14,15). The van der Waals surface area contributed by atoms with Crippen molar-refractivity contribution in [1.82, 2.24) is 9.80 Å². The van der Waals surface area contributed by atoms with Gasteiger partial charge in [-0.05, 0) is 19.9 Å². The molecule has 2 aliphatic rings. The summed E-state index contributed by atoms with van der Waals surface area (Å²) in [4.78, 5) is 9.02. The Morgan fingerprint density at radius 3 is 2.61 bits per heavy atom. The highest BCUT2D eigenvalue weighted by Crippen LogP contribution is 2.09. The van der Waals surface area contributed by atoms with Gasteiger partial charge in [0.15, 0.2) is 5.96 Å². The first-order valence-corrected chi connectivity index (χ1v) is 7.11. The average Bonchev–Trinajstić information content (AvgIpc) is 2.65. The summed E-state index contributed by atoms with van der Waals surface area (Å²) in [6.45, 7) is 5.58. The third-order valence-electron chi connectivity index (χ3n) is 3.73. The van der Waals surface area contributed by atoms with E-state index in [1.54, 1.807) is 0 Å². The van der Waals surface area contributed by atoms with Gasteiger partial charge in [-0.1, -0.05) is 12.8 Å². The van der Waals surface area contributed by atoms with Crippen LogP contribution in [-0.2, 0) is 4.74 Å². The van der Waals surface area contributed by atoms with Gasteiger partial charge >= 0.3 is 0 Å². The Kier molecular flexibility index (Phi) is 5.26. The highest BCUT2D eigenvalue weighted by atomic mass is 16.5. The molecule has 5 nitrogen and oxygen atoms in total. The molecule has 1 atom stereocenters. The van der Waals surface area contributed by atoms with Gasteiger partial charge in [0, 0.05) is 26.2 Å². The van der Waals surface area contributed by atoms with E-state index in [2.05, 4.69) is 21.8 Å². The fraction of sp³-hybridized carbons (Fsp3) is 0.923. The maximum absolute atomic E-state index is 6.08. The molecule has 0 aromatic rings. The van der Waals surface area contributed by atoms with Gasteiger partial charge in [-0.3, -0.25) is 4.99 Å². The Labute approximate surface area is 110 Å². The SMILES string of the molecule is CN1CCOC(CN=C(N)N2CCCCCC2)C1. The summed E-state index contributed by atoms with van der Waals surface area (Å²) in [6, 6.07) is 0. The summed E-state index contributed by atoms with van der Waals surface area (Å²) in [5, 5.41) is 0. The molecular formula is C13H26N4O. The van der Waals surface area contributed by atoms with Crippen LogP contribution < -0.4 is 5.73 Å². The zero-order chi connectivity index (χ0) is 12.8. The monoisotopic (exact) mass is 254 g/mol. The molecule has 2 N–H and O–H groups in total. The second-order valence-electron chi connectivity index (χ2n) is 5.36. The molecule has 0 spiro atoms. The van der Waals surface area contributed by atoms with Crippen molar-refractivity contribution in [3.63, 3.8) is 0 Å². The molecule has 2 fully saturated rings. The number of ether oxygens (including phenoxy) is 1. The van der Waals surface area contributed by atoms with Crippen LogP contribution >= 0.6 is 0 Å². The lowest BCUT2D eigenvalue weighted by atomic mass is 10.2. The van der Waals surface area contributed by atoms with Crippen LogP contribution in [0.2, 0.25) is 0 Å². The number of morpholine rings is 1. The van der Waals surface area contributed by atoms with Crippen LogP contribution in [0.3, 0.4) is 0 Å². The second-order valence-corrected chi connectivity index (χ2v) is 5.36. The number of hydrogen-bond donors (Lipinski definition) is 1. The third-order valence-corrected chi connectivity index (χ3v) is 3.73. The van der Waals surface area contributed by atoms with Crippen molar-refractivity contribution in [2.45, 2.75) is 31.8 Å². The zero-order valence-corrected chi connectivity index (χ0v) is 11.5. The molecule has 2 saturated heterocycles. The number of likely N-dealkylation sites (tertiary alicyclic amines) is 1. The predicted octanol–water partition coefficient (Wildman–Crippen LogP) is 0.508. The van der Waals surface area contributed by atoms with Crippen molar-refractivity contribution in [3.05, 3.63) is 0 Å². The van der Waals surface area contributed by atoms with Crippen LogP contribution in [0.1, 0.15) is 25.7 Å². The maximum Gasteiger partial charge on any atom is 0.191 e. The summed E-state index contributed by atoms with van der Waals surface area (Å²) in [7, 11) is 2.12. The Balaban J connectivity index is 1.79. The normalized spacial score (nSPS) is 28.2. The van der Waals surface area contributed by atoms with Crippen molar-refractivity contribution in [1.29, 1.82) is 0 Å². The van der Waals surface area contributed by atoms with E-state index in [0.29, 0.717) is 12.5 Å². The Hall–Kier alpha value is -0.810. The summed E-state index contributed by atoms with van der Waals surface area (Å²) >= 11 is 0. The fourth-order valence-corrected chi connectivity index (χ4v) is 2.57. The van der Waals surface area contributed by atoms with Gasteiger partial charge in [0.25, 0.3) is 0 Å². The molecule has 0 bridgehead atoms. The number of nitrogens with two attached hydrogens (primary N) is 1. The van der Waals surface area contributed by atoms with Gasteiger partial charge < -0.3 is 20.3 Å². The minimum Gasteiger partial charge on any atom is -0.374 e. The third kappa shape index (κ3) is 4.14. The van der Waals surface area contributed by atoms with Gasteiger partial charge in [0.05, 0.1) is 19.3 Å². The number of hydrogen-bond acceptors (Lipinski definition) is 3. The quantitative estimate of drug-likeness (QED) is 0.576. The number of nitrogens with zero attached hydrogens (tertiary/aromatic N) is 3. The second kappa shape index (κ2) is 6.95. The van der Waals surface area contributed by atoms with Gasteiger partial charge in [0.1, 0.15) is 0 Å². The molecule has 1 unspecified atom stereocenters. The van der Waals surface area contributed by atoms with Crippen LogP contribution in [0.15, 0.2) is 4.99 Å². The predicted molar refractivity (Wildman–Crippen MR) is 73.8 cm³/mol. The molecule has 0 saturated carbocycles. The Morgan fingerprint density at radius 2 is 1.94 bits per heavy atom. The van der Waals surface area contributed by atoms with Gasteiger partial charge in [-0.2, -0.15) is 0 Å². The average molecular weight is 254 g/mol. The van der Waals surface area contributed by atoms with Crippen molar-refractivity contribution in [2.24, 2.45) is 10.7 Å². The molecule has 0 amide bonds. The number of likely N-dealkylation sites (N-methyl/N-ethyl adjacent to an activating group) is 1. The number of guanidine groups is 1. The molecule has 2 aliphatic heterocycles. The number of aliphatic imine (C=N–C) groups is 1. The Morgan fingerprint density at radius 1 is 1.22 bits per heavy atom. The van der Waals surface area contributed by atoms with Gasteiger partial charge in [-0.15, -0.1) is 0 Å². The van der Waals surface area contributed by atoms with E-state index in [4.69, 9.17) is 10.5 Å². The van der Waals surface area contributed by atoms with E-state index in [9.17, 15) is 0 Å². The van der Waals surface area contributed by atoms with Crippen molar-refractivity contribution >= 4 is 5.96 Å². The highest BCUT2D eigenvalue weighted by Gasteiger charge is 2.18. The lowest BCUT2D eigenvalue weighted by Gasteiger charge is -2.29. The molecule has 2 rings (SSSR count). The first-order chi connectivity index (χ1) is 8.75. The molecule has 0 aromatic heterocycles. The highest BCUT2D eigenvalue weighted by molar-refractivity contribution is 5.78. The van der Waals surface area contributed by atoms with Crippen molar-refractivity contribution in [3.8, 4) is 0 Å². The van der Waals surface area contributed by atoms with E-state index in [1.807, 2.05) is 0 Å². The topological polar surface area (TPSA) is 54.1 Å². The van der Waals surface area contributed by atoms with E-state index >= 15 is 0 Å². The van der Waals surface area contributed by atoms with Crippen LogP contribution in [0.25, 0.3) is 0 Å². The molecule has 2 heterocycles. The first kappa shape index (κ1) is 13.6. The lowest BCUT2D eigenvalue weighted by molar-refractivity contribution is -0.0137. The summed E-state index contributed by atoms with van der Waals surface area (Å²) in [6.07, 6.45) is 5.31. The maximum atomic E-state index is 6.08. The van der Waals surface area contributed by atoms with E-state index in [0.717, 1.165) is 32.8 Å². The molecular weight excluding hydrogens is 228 g/mol. The smallest absolute Gasteiger partial charge is 0.191 e. The summed E-state index contributed by atoms with van der Waals surface area (Å²) in [5.41, 5.74) is 6.08.